The number of halogens is 1. The summed E-state index contributed by atoms with van der Waals surface area (Å²) in [6, 6.07) is 14.7. The van der Waals surface area contributed by atoms with E-state index in [2.05, 4.69) is 10.5 Å². The number of hydrogen-bond acceptors (Lipinski definition) is 6. The van der Waals surface area contributed by atoms with Crippen LogP contribution in [-0.4, -0.2) is 52.4 Å². The highest BCUT2D eigenvalue weighted by atomic mass is 35.5. The molecule has 0 aromatic heterocycles. The van der Waals surface area contributed by atoms with E-state index in [1.165, 1.54) is 0 Å². The number of aliphatic hydroxyl groups is 2. The van der Waals surface area contributed by atoms with Gasteiger partial charge >= 0.3 is 0 Å². The number of carbonyl (C=O) groups is 2. The van der Waals surface area contributed by atoms with E-state index < -0.39 is 31.1 Å². The molecule has 30 heavy (non-hydrogen) atoms. The van der Waals surface area contributed by atoms with Crippen molar-refractivity contribution in [3.8, 4) is 0 Å². The second kappa shape index (κ2) is 8.23. The first kappa shape index (κ1) is 20.0. The molecule has 0 saturated heterocycles. The minimum atomic E-state index is -0.991. The average Bonchev–Trinajstić information content (AvgIpc) is 2.76. The number of nitrogens with one attached hydrogen (secondary N) is 1. The Morgan fingerprint density at radius 1 is 0.967 bits per heavy atom. The van der Waals surface area contributed by atoms with Crippen molar-refractivity contribution in [2.24, 2.45) is 5.10 Å². The number of anilines is 1. The number of benzene rings is 3. The van der Waals surface area contributed by atoms with Gasteiger partial charge in [0.15, 0.2) is 0 Å². The Balaban J connectivity index is 1.72. The quantitative estimate of drug-likeness (QED) is 0.321. The molecule has 152 valence electrons. The van der Waals surface area contributed by atoms with Crippen molar-refractivity contribution in [1.29, 1.82) is 0 Å². The Bertz CT molecular complexity index is 1130. The van der Waals surface area contributed by atoms with Crippen LogP contribution in [0.5, 0.6) is 0 Å². The highest BCUT2D eigenvalue weighted by Crippen LogP contribution is 2.35. The second-order valence-electron chi connectivity index (χ2n) is 6.81. The van der Waals surface area contributed by atoms with Crippen molar-refractivity contribution in [2.75, 3.05) is 18.6 Å². The molecule has 0 unspecified atom stereocenters. The summed E-state index contributed by atoms with van der Waals surface area (Å²) in [6.07, 6.45) is 1.64. The molecule has 1 heterocycles. The van der Waals surface area contributed by atoms with Crippen LogP contribution in [0.2, 0.25) is 5.02 Å². The van der Waals surface area contributed by atoms with E-state index in [-0.39, 0.29) is 0 Å². The van der Waals surface area contributed by atoms with Gasteiger partial charge in [0.25, 0.3) is 11.8 Å². The predicted molar refractivity (Wildman–Crippen MR) is 115 cm³/mol. The summed E-state index contributed by atoms with van der Waals surface area (Å²) in [6.45, 7) is -1.03. The lowest BCUT2D eigenvalue weighted by atomic mass is 9.92. The molecule has 7 nitrogen and oxygen atoms in total. The molecule has 0 fully saturated rings. The summed E-state index contributed by atoms with van der Waals surface area (Å²) in [5, 5.41) is 25.0. The molecule has 0 spiro atoms. The molecule has 1 aliphatic rings. The molecule has 3 aromatic carbocycles. The summed E-state index contributed by atoms with van der Waals surface area (Å²) >= 11 is 5.88. The van der Waals surface area contributed by atoms with Gasteiger partial charge < -0.3 is 10.2 Å². The molecule has 3 N–H and O–H groups in total. The molecule has 0 saturated carbocycles. The van der Waals surface area contributed by atoms with Crippen molar-refractivity contribution in [3.63, 3.8) is 0 Å². The average molecular weight is 424 g/mol. The zero-order valence-electron chi connectivity index (χ0n) is 15.7. The maximum Gasteiger partial charge on any atom is 0.261 e. The summed E-state index contributed by atoms with van der Waals surface area (Å²) < 4.78 is 0. The highest BCUT2D eigenvalue weighted by Gasteiger charge is 2.37. The topological polar surface area (TPSA) is 102 Å². The van der Waals surface area contributed by atoms with Crippen LogP contribution in [0.1, 0.15) is 26.3 Å². The number of hydrogen-bond donors (Lipinski definition) is 3. The van der Waals surface area contributed by atoms with E-state index in [9.17, 15) is 19.8 Å². The predicted octanol–water partition coefficient (Wildman–Crippen LogP) is 2.89. The van der Waals surface area contributed by atoms with E-state index >= 15 is 0 Å². The fourth-order valence-electron chi connectivity index (χ4n) is 3.49. The summed E-state index contributed by atoms with van der Waals surface area (Å²) in [4.78, 5) is 26.8. The third-order valence-electron chi connectivity index (χ3n) is 4.99. The molecule has 0 bridgehead atoms. The number of hydrazone groups is 1. The zero-order chi connectivity index (χ0) is 21.3. The molecule has 3 aromatic rings. The van der Waals surface area contributed by atoms with E-state index in [0.717, 1.165) is 10.5 Å². The smallest absolute Gasteiger partial charge is 0.261 e. The fraction of sp³-hybridized carbons (Fsp3) is 0.136. The Kier molecular flexibility index (Phi) is 5.50. The summed E-state index contributed by atoms with van der Waals surface area (Å²) in [5.41, 5.74) is 5.12. The number of imide groups is 1. The maximum absolute atomic E-state index is 12.9. The Morgan fingerprint density at radius 3 is 2.30 bits per heavy atom. The Morgan fingerprint density at radius 2 is 1.63 bits per heavy atom. The van der Waals surface area contributed by atoms with Gasteiger partial charge in [0.05, 0.1) is 31.2 Å². The van der Waals surface area contributed by atoms with E-state index in [1.54, 1.807) is 48.7 Å². The first-order chi connectivity index (χ1) is 14.5. The first-order valence-electron chi connectivity index (χ1n) is 9.25. The normalized spacial score (nSPS) is 13.7. The van der Waals surface area contributed by atoms with Crippen LogP contribution in [0.15, 0.2) is 59.7 Å². The molecular formula is C22H18ClN3O4. The Hall–Kier alpha value is -3.26. The number of nitrogens with zero attached hydrogens (tertiary/aromatic N) is 2. The van der Waals surface area contributed by atoms with Crippen molar-refractivity contribution in [2.45, 2.75) is 6.04 Å². The van der Waals surface area contributed by atoms with Gasteiger partial charge in [0.1, 0.15) is 0 Å². The molecule has 8 heteroatoms. The van der Waals surface area contributed by atoms with Gasteiger partial charge in [-0.2, -0.15) is 5.10 Å². The number of aliphatic hydroxyl groups excluding tert-OH is 2. The van der Waals surface area contributed by atoms with E-state index in [1.807, 2.05) is 12.1 Å². The fourth-order valence-corrected chi connectivity index (χ4v) is 3.62. The lowest BCUT2D eigenvalue weighted by molar-refractivity contribution is 0.0375. The van der Waals surface area contributed by atoms with Crippen LogP contribution in [0.3, 0.4) is 0 Å². The van der Waals surface area contributed by atoms with Crippen LogP contribution >= 0.6 is 11.6 Å². The highest BCUT2D eigenvalue weighted by molar-refractivity contribution is 6.30. The van der Waals surface area contributed by atoms with Gasteiger partial charge in [-0.15, -0.1) is 0 Å². The van der Waals surface area contributed by atoms with Crippen LogP contribution in [0.4, 0.5) is 5.69 Å². The van der Waals surface area contributed by atoms with Gasteiger partial charge in [-0.3, -0.25) is 19.9 Å². The number of amides is 2. The van der Waals surface area contributed by atoms with E-state index in [0.29, 0.717) is 32.6 Å². The summed E-state index contributed by atoms with van der Waals surface area (Å²) in [5.74, 6) is -1.10. The zero-order valence-corrected chi connectivity index (χ0v) is 16.5. The molecule has 2 amide bonds. The van der Waals surface area contributed by atoms with Crippen molar-refractivity contribution < 1.29 is 19.8 Å². The van der Waals surface area contributed by atoms with Gasteiger partial charge in [0.2, 0.25) is 0 Å². The monoisotopic (exact) mass is 423 g/mol. The lowest BCUT2D eigenvalue weighted by Crippen LogP contribution is -2.50. The van der Waals surface area contributed by atoms with Crippen LogP contribution in [0.25, 0.3) is 10.8 Å². The number of rotatable bonds is 6. The van der Waals surface area contributed by atoms with Crippen LogP contribution in [-0.2, 0) is 0 Å². The largest absolute Gasteiger partial charge is 0.394 e. The molecule has 0 radical (unpaired) electrons. The van der Waals surface area contributed by atoms with E-state index in [4.69, 9.17) is 11.6 Å². The van der Waals surface area contributed by atoms with Crippen molar-refractivity contribution >= 4 is 46.1 Å². The van der Waals surface area contributed by atoms with Crippen molar-refractivity contribution in [3.05, 3.63) is 76.3 Å². The second-order valence-corrected chi connectivity index (χ2v) is 7.25. The van der Waals surface area contributed by atoms with Crippen molar-refractivity contribution in [1.82, 2.24) is 4.90 Å². The number of carbonyl (C=O) groups excluding carboxylic acids is 2. The van der Waals surface area contributed by atoms with Crippen LogP contribution < -0.4 is 5.43 Å². The lowest BCUT2D eigenvalue weighted by Gasteiger charge is -2.32. The maximum atomic E-state index is 12.9. The first-order valence-corrected chi connectivity index (χ1v) is 9.63. The van der Waals surface area contributed by atoms with Crippen LogP contribution in [0, 0.1) is 0 Å². The molecule has 0 aliphatic carbocycles. The minimum Gasteiger partial charge on any atom is -0.394 e. The van der Waals surface area contributed by atoms with Gasteiger partial charge in [-0.1, -0.05) is 35.9 Å². The van der Waals surface area contributed by atoms with Gasteiger partial charge in [-0.05, 0) is 35.9 Å². The molecule has 1 aliphatic heterocycles. The minimum absolute atomic E-state index is 0.333. The van der Waals surface area contributed by atoms with Gasteiger partial charge in [-0.25, -0.2) is 0 Å². The summed E-state index contributed by atoms with van der Waals surface area (Å²) in [7, 11) is 0. The molecular weight excluding hydrogens is 406 g/mol. The molecule has 4 rings (SSSR count). The standard InChI is InChI=1S/C22H18ClN3O4/c23-14-6-4-13(5-7-14)10-24-25-19-9-8-18-20-16(19)2-1-3-17(20)21(29)26(22(18)30)15(11-27)12-28/h1-10,15,25,27-28H,11-12H2/b24-10+. The third kappa shape index (κ3) is 3.43. The Labute approximate surface area is 177 Å². The SMILES string of the molecule is O=C1c2cccc3c(N/N=C/c4ccc(Cl)cc4)ccc(c23)C(=O)N1C(CO)CO. The van der Waals surface area contributed by atoms with Gasteiger partial charge in [0, 0.05) is 26.9 Å². The molecule has 0 atom stereocenters. The third-order valence-corrected chi connectivity index (χ3v) is 5.25.